The first kappa shape index (κ1) is 23.1. The molecule has 2 heterocycles. The summed E-state index contributed by atoms with van der Waals surface area (Å²) in [7, 11) is 2.09. The minimum Gasteiger partial charge on any atom is -0.490 e. The van der Waals surface area contributed by atoms with Gasteiger partial charge in [0, 0.05) is 50.1 Å². The molecule has 1 fully saturated rings. The Morgan fingerprint density at radius 1 is 1.21 bits per heavy atom. The quantitative estimate of drug-likeness (QED) is 0.440. The minimum absolute atomic E-state index is 0.0528. The summed E-state index contributed by atoms with van der Waals surface area (Å²) in [6.45, 7) is 2.94. The van der Waals surface area contributed by atoms with E-state index in [0.717, 1.165) is 36.7 Å². The highest BCUT2D eigenvalue weighted by Gasteiger charge is 2.23. The molecule has 0 saturated carbocycles. The van der Waals surface area contributed by atoms with Crippen molar-refractivity contribution in [1.29, 1.82) is 0 Å². The molecular formula is C26H28FN3O2S. The van der Waals surface area contributed by atoms with E-state index < -0.39 is 0 Å². The van der Waals surface area contributed by atoms with E-state index in [2.05, 4.69) is 29.1 Å². The Bertz CT molecular complexity index is 1080. The van der Waals surface area contributed by atoms with Gasteiger partial charge in [0.05, 0.1) is 6.54 Å². The maximum absolute atomic E-state index is 13.3. The summed E-state index contributed by atoms with van der Waals surface area (Å²) in [6.07, 6.45) is 6.67. The highest BCUT2D eigenvalue weighted by Crippen LogP contribution is 2.21. The lowest BCUT2D eigenvalue weighted by molar-refractivity contribution is -0.127. The summed E-state index contributed by atoms with van der Waals surface area (Å²) in [5.74, 6) is 0.506. The first-order valence-electron chi connectivity index (χ1n) is 11.1. The highest BCUT2D eigenvalue weighted by atomic mass is 32.1. The van der Waals surface area contributed by atoms with Crippen molar-refractivity contribution >= 4 is 23.3 Å². The lowest BCUT2D eigenvalue weighted by Crippen LogP contribution is -2.41. The number of aromatic nitrogens is 1. The lowest BCUT2D eigenvalue weighted by atomic mass is 10.1. The summed E-state index contributed by atoms with van der Waals surface area (Å²) in [6, 6.07) is 14.4. The fraction of sp³-hybridized carbons (Fsp3) is 0.308. The van der Waals surface area contributed by atoms with E-state index in [1.54, 1.807) is 29.5 Å². The van der Waals surface area contributed by atoms with E-state index >= 15 is 0 Å². The van der Waals surface area contributed by atoms with Crippen LogP contribution in [0.3, 0.4) is 0 Å². The highest BCUT2D eigenvalue weighted by molar-refractivity contribution is 7.09. The first-order valence-corrected chi connectivity index (χ1v) is 12.0. The molecule has 1 aliphatic heterocycles. The number of benzene rings is 2. The van der Waals surface area contributed by atoms with Crippen LogP contribution in [0, 0.1) is 5.82 Å². The fourth-order valence-electron chi connectivity index (χ4n) is 3.92. The number of nitrogens with zero attached hydrogens (tertiary/aromatic N) is 3. The number of thiazole rings is 1. The molecule has 1 saturated heterocycles. The second-order valence-corrected chi connectivity index (χ2v) is 9.26. The number of amides is 1. The molecule has 0 N–H and O–H groups in total. The molecule has 7 heteroatoms. The standard InChI is InChI=1S/C26H28FN3O2S/c1-29(19-25-28-12-15-33-25)18-21-5-3-7-24(17-21)32-23-10-13-30(14-11-23)26(31)9-8-20-4-2-6-22(27)16-20/h2-9,12,15-17,23H,10-11,13-14,18-19H2,1H3/b9-8+. The number of carbonyl (C=O) groups excluding carboxylic acids is 1. The zero-order valence-electron chi connectivity index (χ0n) is 18.7. The number of hydrogen-bond donors (Lipinski definition) is 0. The van der Waals surface area contributed by atoms with Gasteiger partial charge in [0.15, 0.2) is 0 Å². The smallest absolute Gasteiger partial charge is 0.246 e. The van der Waals surface area contributed by atoms with Gasteiger partial charge in [0.25, 0.3) is 0 Å². The number of likely N-dealkylation sites (tertiary alicyclic amines) is 1. The van der Waals surface area contributed by atoms with Gasteiger partial charge in [-0.25, -0.2) is 9.37 Å². The number of halogens is 1. The van der Waals surface area contributed by atoms with E-state index in [9.17, 15) is 9.18 Å². The molecule has 3 aromatic rings. The average Bonchev–Trinajstić information content (AvgIpc) is 3.31. The number of carbonyl (C=O) groups is 1. The van der Waals surface area contributed by atoms with Crippen LogP contribution in [0.2, 0.25) is 0 Å². The third kappa shape index (κ3) is 6.97. The predicted molar refractivity (Wildman–Crippen MR) is 129 cm³/mol. The molecule has 5 nitrogen and oxygen atoms in total. The summed E-state index contributed by atoms with van der Waals surface area (Å²) in [5, 5.41) is 3.11. The number of rotatable bonds is 8. The van der Waals surface area contributed by atoms with Crippen LogP contribution in [-0.4, -0.2) is 46.9 Å². The van der Waals surface area contributed by atoms with E-state index in [1.807, 2.05) is 28.6 Å². The van der Waals surface area contributed by atoms with Crippen molar-refractivity contribution in [2.24, 2.45) is 0 Å². The van der Waals surface area contributed by atoms with Crippen LogP contribution in [-0.2, 0) is 17.9 Å². The largest absolute Gasteiger partial charge is 0.490 e. The fourth-order valence-corrected chi connectivity index (χ4v) is 4.61. The van der Waals surface area contributed by atoms with Crippen LogP contribution >= 0.6 is 11.3 Å². The zero-order chi connectivity index (χ0) is 23.0. The lowest BCUT2D eigenvalue weighted by Gasteiger charge is -2.31. The molecule has 4 rings (SSSR count). The molecule has 1 aliphatic rings. The van der Waals surface area contributed by atoms with Gasteiger partial charge in [-0.1, -0.05) is 24.3 Å². The van der Waals surface area contributed by atoms with Gasteiger partial charge in [0.2, 0.25) is 5.91 Å². The van der Waals surface area contributed by atoms with Crippen LogP contribution in [0.15, 0.2) is 66.2 Å². The Morgan fingerprint density at radius 2 is 2.03 bits per heavy atom. The SMILES string of the molecule is CN(Cc1cccc(OC2CCN(C(=O)/C=C/c3cccc(F)c3)CC2)c1)Cc1nccs1. The summed E-state index contributed by atoms with van der Waals surface area (Å²) in [5.41, 5.74) is 1.88. The van der Waals surface area contributed by atoms with Crippen molar-refractivity contribution in [1.82, 2.24) is 14.8 Å². The van der Waals surface area contributed by atoms with Crippen LogP contribution in [0.1, 0.15) is 29.0 Å². The van der Waals surface area contributed by atoms with Crippen molar-refractivity contribution < 1.29 is 13.9 Å². The minimum atomic E-state index is -0.308. The third-order valence-electron chi connectivity index (χ3n) is 5.56. The summed E-state index contributed by atoms with van der Waals surface area (Å²) < 4.78 is 19.5. The van der Waals surface area contributed by atoms with Crippen LogP contribution in [0.5, 0.6) is 5.75 Å². The Kier molecular flexibility index (Phi) is 7.86. The summed E-state index contributed by atoms with van der Waals surface area (Å²) >= 11 is 1.67. The van der Waals surface area contributed by atoms with Crippen LogP contribution < -0.4 is 4.74 Å². The second kappa shape index (κ2) is 11.2. The topological polar surface area (TPSA) is 45.7 Å². The first-order chi connectivity index (χ1) is 16.0. The van der Waals surface area contributed by atoms with E-state index in [0.29, 0.717) is 18.7 Å². The molecule has 2 aromatic carbocycles. The summed E-state index contributed by atoms with van der Waals surface area (Å²) in [4.78, 5) is 20.9. The van der Waals surface area contributed by atoms with Crippen LogP contribution in [0.25, 0.3) is 6.08 Å². The Hall–Kier alpha value is -3.03. The van der Waals surface area contributed by atoms with Crippen molar-refractivity contribution in [2.45, 2.75) is 32.0 Å². The third-order valence-corrected chi connectivity index (χ3v) is 6.33. The molecule has 0 unspecified atom stereocenters. The molecule has 0 aliphatic carbocycles. The Morgan fingerprint density at radius 3 is 2.79 bits per heavy atom. The van der Waals surface area contributed by atoms with Crippen molar-refractivity contribution in [3.05, 3.63) is 88.1 Å². The monoisotopic (exact) mass is 465 g/mol. The van der Waals surface area contributed by atoms with Crippen molar-refractivity contribution in [3.8, 4) is 5.75 Å². The molecule has 0 bridgehead atoms. The molecule has 33 heavy (non-hydrogen) atoms. The molecule has 0 radical (unpaired) electrons. The van der Waals surface area contributed by atoms with Gasteiger partial charge in [-0.2, -0.15) is 0 Å². The molecule has 1 amide bonds. The van der Waals surface area contributed by atoms with E-state index in [1.165, 1.54) is 23.8 Å². The van der Waals surface area contributed by atoms with E-state index in [4.69, 9.17) is 4.74 Å². The van der Waals surface area contributed by atoms with Crippen molar-refractivity contribution in [3.63, 3.8) is 0 Å². The number of ether oxygens (including phenoxy) is 1. The molecular weight excluding hydrogens is 437 g/mol. The van der Waals surface area contributed by atoms with Gasteiger partial charge in [-0.05, 0) is 48.5 Å². The van der Waals surface area contributed by atoms with Crippen LogP contribution in [0.4, 0.5) is 4.39 Å². The zero-order valence-corrected chi connectivity index (χ0v) is 19.5. The van der Waals surface area contributed by atoms with Gasteiger partial charge in [-0.15, -0.1) is 11.3 Å². The molecule has 0 atom stereocenters. The van der Waals surface area contributed by atoms with E-state index in [-0.39, 0.29) is 17.8 Å². The van der Waals surface area contributed by atoms with Gasteiger partial charge in [-0.3, -0.25) is 9.69 Å². The predicted octanol–water partition coefficient (Wildman–Crippen LogP) is 5.00. The second-order valence-electron chi connectivity index (χ2n) is 8.28. The van der Waals surface area contributed by atoms with Gasteiger partial charge < -0.3 is 9.64 Å². The molecule has 172 valence electrons. The Balaban J connectivity index is 1.25. The molecule has 1 aromatic heterocycles. The maximum Gasteiger partial charge on any atom is 0.246 e. The number of piperidine rings is 1. The molecule has 0 spiro atoms. The normalized spacial score (nSPS) is 14.8. The Labute approximate surface area is 198 Å². The average molecular weight is 466 g/mol. The maximum atomic E-state index is 13.3. The van der Waals surface area contributed by atoms with Gasteiger partial charge >= 0.3 is 0 Å². The van der Waals surface area contributed by atoms with Gasteiger partial charge in [0.1, 0.15) is 22.7 Å². The van der Waals surface area contributed by atoms with Crippen molar-refractivity contribution in [2.75, 3.05) is 20.1 Å². The number of hydrogen-bond acceptors (Lipinski definition) is 5.